The van der Waals surface area contributed by atoms with Crippen molar-refractivity contribution in [2.45, 2.75) is 62.9 Å². The standard InChI is InChI=1S/C36H35F3N4O5/c1-46-31-18-24-28(19-32(31)47-20-35(11-12-35)42-21-4-2-3-5-21)41-15-10-30(24)48-23-7-9-29(27(39)17-23)43(22-6-8-25(37)26(38)16-22)34(45)36(13-14-36)33(40)44/h6-10,15-19,21,42H,2-5,11-14,20H2,1H3,(H2,40,44). The summed E-state index contributed by atoms with van der Waals surface area (Å²) in [6.07, 6.45) is 8.90. The van der Waals surface area contributed by atoms with Crippen LogP contribution in [0, 0.1) is 22.9 Å². The molecule has 3 aliphatic rings. The van der Waals surface area contributed by atoms with E-state index in [0.717, 1.165) is 42.0 Å². The highest BCUT2D eigenvalue weighted by atomic mass is 19.2. The average molecular weight is 661 g/mol. The zero-order valence-electron chi connectivity index (χ0n) is 26.4. The molecule has 2 amide bonds. The number of carbonyl (C=O) groups is 2. The lowest BCUT2D eigenvalue weighted by molar-refractivity contribution is -0.133. The fraction of sp³-hybridized carbons (Fsp3) is 0.361. The summed E-state index contributed by atoms with van der Waals surface area (Å²) in [4.78, 5) is 31.1. The van der Waals surface area contributed by atoms with Gasteiger partial charge in [-0.25, -0.2) is 13.2 Å². The van der Waals surface area contributed by atoms with Crippen molar-refractivity contribution in [1.82, 2.24) is 10.3 Å². The first-order valence-electron chi connectivity index (χ1n) is 16.1. The molecule has 0 saturated heterocycles. The number of benzene rings is 3. The molecule has 1 heterocycles. The molecule has 0 radical (unpaired) electrons. The number of anilines is 2. The van der Waals surface area contributed by atoms with Gasteiger partial charge in [-0.05, 0) is 74.9 Å². The second kappa shape index (κ2) is 12.3. The SMILES string of the molecule is COc1cc2c(Oc3ccc(N(C(=O)C4(C(N)=O)CC4)c4ccc(F)c(F)c4)c(F)c3)ccnc2cc1OCC1(NC2CCCC2)CC1. The molecule has 0 unspecified atom stereocenters. The van der Waals surface area contributed by atoms with Crippen molar-refractivity contribution >= 4 is 34.1 Å². The Bertz CT molecular complexity index is 1910. The zero-order valence-corrected chi connectivity index (χ0v) is 26.4. The van der Waals surface area contributed by atoms with E-state index in [-0.39, 0.29) is 35.5 Å². The van der Waals surface area contributed by atoms with Crippen LogP contribution >= 0.6 is 0 Å². The van der Waals surface area contributed by atoms with E-state index in [9.17, 15) is 18.4 Å². The fourth-order valence-electron chi connectivity index (χ4n) is 6.44. The van der Waals surface area contributed by atoms with E-state index in [0.29, 0.717) is 40.8 Å². The lowest BCUT2D eigenvalue weighted by Crippen LogP contribution is -2.42. The molecule has 3 N–H and O–H groups in total. The van der Waals surface area contributed by atoms with Gasteiger partial charge in [-0.2, -0.15) is 0 Å². The highest BCUT2D eigenvalue weighted by Gasteiger charge is 2.57. The van der Waals surface area contributed by atoms with Crippen molar-refractivity contribution in [2.75, 3.05) is 18.6 Å². The molecular formula is C36H35F3N4O5. The number of ether oxygens (including phenoxy) is 3. The molecule has 0 aliphatic heterocycles. The maximum atomic E-state index is 15.8. The number of carbonyl (C=O) groups excluding carboxylic acids is 2. The number of methoxy groups -OCH3 is 1. The molecule has 48 heavy (non-hydrogen) atoms. The number of fused-ring (bicyclic) bond motifs is 1. The van der Waals surface area contributed by atoms with Gasteiger partial charge in [0.1, 0.15) is 23.5 Å². The Hall–Kier alpha value is -4.84. The first-order chi connectivity index (χ1) is 23.1. The highest BCUT2D eigenvalue weighted by molar-refractivity contribution is 6.16. The molecule has 9 nitrogen and oxygen atoms in total. The summed E-state index contributed by atoms with van der Waals surface area (Å²) in [5, 5.41) is 4.38. The number of halogens is 3. The number of primary amides is 1. The number of aromatic nitrogens is 1. The van der Waals surface area contributed by atoms with E-state index < -0.39 is 34.7 Å². The van der Waals surface area contributed by atoms with Crippen LogP contribution in [0.1, 0.15) is 51.4 Å². The number of hydrogen-bond donors (Lipinski definition) is 2. The minimum Gasteiger partial charge on any atom is -0.493 e. The molecule has 3 aromatic carbocycles. The quantitative estimate of drug-likeness (QED) is 0.160. The van der Waals surface area contributed by atoms with Crippen LogP contribution in [0.5, 0.6) is 23.0 Å². The summed E-state index contributed by atoms with van der Waals surface area (Å²) in [7, 11) is 1.55. The minimum absolute atomic E-state index is 0.0201. The van der Waals surface area contributed by atoms with E-state index in [1.165, 1.54) is 37.8 Å². The van der Waals surface area contributed by atoms with E-state index in [4.69, 9.17) is 19.9 Å². The molecule has 7 rings (SSSR count). The van der Waals surface area contributed by atoms with Crippen molar-refractivity contribution < 1.29 is 37.0 Å². The second-order valence-corrected chi connectivity index (χ2v) is 12.9. The molecule has 3 saturated carbocycles. The van der Waals surface area contributed by atoms with Crippen LogP contribution in [0.2, 0.25) is 0 Å². The van der Waals surface area contributed by atoms with Crippen LogP contribution in [-0.4, -0.2) is 42.1 Å². The molecule has 250 valence electrons. The van der Waals surface area contributed by atoms with Gasteiger partial charge in [0.15, 0.2) is 29.0 Å². The second-order valence-electron chi connectivity index (χ2n) is 12.9. The van der Waals surface area contributed by atoms with E-state index in [2.05, 4.69) is 10.3 Å². The summed E-state index contributed by atoms with van der Waals surface area (Å²) < 4.78 is 61.8. The summed E-state index contributed by atoms with van der Waals surface area (Å²) in [5.74, 6) is -3.51. The van der Waals surface area contributed by atoms with Crippen molar-refractivity contribution in [2.24, 2.45) is 11.1 Å². The fourth-order valence-corrected chi connectivity index (χ4v) is 6.44. The number of rotatable bonds is 12. The van der Waals surface area contributed by atoms with Gasteiger partial charge in [0.2, 0.25) is 11.8 Å². The molecule has 0 spiro atoms. The Balaban J connectivity index is 1.15. The lowest BCUT2D eigenvalue weighted by Gasteiger charge is -2.27. The van der Waals surface area contributed by atoms with Crippen LogP contribution < -0.4 is 30.2 Å². The third-order valence-electron chi connectivity index (χ3n) is 9.59. The third-order valence-corrected chi connectivity index (χ3v) is 9.59. The third kappa shape index (κ3) is 6.00. The summed E-state index contributed by atoms with van der Waals surface area (Å²) >= 11 is 0. The lowest BCUT2D eigenvalue weighted by atomic mass is 10.0. The maximum Gasteiger partial charge on any atom is 0.247 e. The minimum atomic E-state index is -1.56. The first-order valence-corrected chi connectivity index (χ1v) is 16.1. The number of hydrogen-bond acceptors (Lipinski definition) is 7. The molecule has 3 fully saturated rings. The van der Waals surface area contributed by atoms with Crippen LogP contribution in [0.25, 0.3) is 10.9 Å². The Labute approximate surface area is 275 Å². The molecule has 12 heteroatoms. The van der Waals surface area contributed by atoms with Gasteiger partial charge in [0, 0.05) is 35.8 Å². The molecule has 4 aromatic rings. The number of nitrogens with one attached hydrogen (secondary N) is 1. The van der Waals surface area contributed by atoms with Gasteiger partial charge in [0.05, 0.1) is 29.5 Å². The Morgan fingerprint density at radius 3 is 2.33 bits per heavy atom. The van der Waals surface area contributed by atoms with Gasteiger partial charge in [0.25, 0.3) is 0 Å². The highest BCUT2D eigenvalue weighted by Crippen LogP contribution is 2.50. The van der Waals surface area contributed by atoms with Crippen LogP contribution in [0.4, 0.5) is 24.5 Å². The van der Waals surface area contributed by atoms with Gasteiger partial charge in [-0.15, -0.1) is 0 Å². The number of amides is 2. The van der Waals surface area contributed by atoms with Crippen LogP contribution in [0.15, 0.2) is 60.8 Å². The Morgan fingerprint density at radius 2 is 1.69 bits per heavy atom. The molecule has 3 aliphatic carbocycles. The Morgan fingerprint density at radius 1 is 0.917 bits per heavy atom. The Kier molecular flexibility index (Phi) is 8.14. The molecule has 0 atom stereocenters. The topological polar surface area (TPSA) is 116 Å². The maximum absolute atomic E-state index is 15.8. The van der Waals surface area contributed by atoms with Crippen molar-refractivity contribution in [1.29, 1.82) is 0 Å². The smallest absolute Gasteiger partial charge is 0.247 e. The van der Waals surface area contributed by atoms with E-state index >= 15 is 4.39 Å². The molecule has 1 aromatic heterocycles. The van der Waals surface area contributed by atoms with Crippen molar-refractivity contribution in [3.05, 3.63) is 78.2 Å². The van der Waals surface area contributed by atoms with Gasteiger partial charge in [-0.1, -0.05) is 12.8 Å². The van der Waals surface area contributed by atoms with Crippen LogP contribution in [0.3, 0.4) is 0 Å². The average Bonchev–Trinajstić information content (AvgIpc) is 3.99. The van der Waals surface area contributed by atoms with E-state index in [1.54, 1.807) is 31.5 Å². The van der Waals surface area contributed by atoms with Crippen LogP contribution in [-0.2, 0) is 9.59 Å². The number of pyridine rings is 1. The summed E-state index contributed by atoms with van der Waals surface area (Å²) in [6.45, 7) is 0.512. The van der Waals surface area contributed by atoms with Crippen molar-refractivity contribution in [3.63, 3.8) is 0 Å². The predicted octanol–water partition coefficient (Wildman–Crippen LogP) is 6.83. The number of nitrogens with two attached hydrogens (primary N) is 1. The normalized spacial score (nSPS) is 17.6. The predicted molar refractivity (Wildman–Crippen MR) is 172 cm³/mol. The monoisotopic (exact) mass is 660 g/mol. The van der Waals surface area contributed by atoms with Gasteiger partial charge in [-0.3, -0.25) is 19.5 Å². The zero-order chi connectivity index (χ0) is 33.6. The molecule has 0 bridgehead atoms. The van der Waals surface area contributed by atoms with Gasteiger partial charge < -0.3 is 25.3 Å². The summed E-state index contributed by atoms with van der Waals surface area (Å²) in [5.41, 5.74) is 4.06. The summed E-state index contributed by atoms with van der Waals surface area (Å²) in [6, 6.07) is 12.2. The van der Waals surface area contributed by atoms with Crippen molar-refractivity contribution in [3.8, 4) is 23.0 Å². The largest absolute Gasteiger partial charge is 0.493 e. The van der Waals surface area contributed by atoms with Gasteiger partial charge >= 0.3 is 0 Å². The van der Waals surface area contributed by atoms with E-state index in [1.807, 2.05) is 0 Å². The number of nitrogens with zero attached hydrogens (tertiary/aromatic N) is 2. The first kappa shape index (κ1) is 31.7. The molecular weight excluding hydrogens is 625 g/mol.